The van der Waals surface area contributed by atoms with Crippen molar-refractivity contribution < 1.29 is 18.6 Å². The highest BCUT2D eigenvalue weighted by Gasteiger charge is 2.28. The third-order valence-corrected chi connectivity index (χ3v) is 4.22. The molecule has 5 heteroatoms. The monoisotopic (exact) mass is 317 g/mol. The minimum atomic E-state index is -0.282. The molecule has 122 valence electrons. The van der Waals surface area contributed by atoms with Gasteiger partial charge in [0.15, 0.2) is 11.5 Å². The van der Waals surface area contributed by atoms with Crippen LogP contribution in [0.4, 0.5) is 4.39 Å². The van der Waals surface area contributed by atoms with Gasteiger partial charge in [-0.3, -0.25) is 0 Å². The Morgan fingerprint density at radius 3 is 2.39 bits per heavy atom. The van der Waals surface area contributed by atoms with Crippen LogP contribution in [0, 0.1) is 5.82 Å². The first kappa shape index (κ1) is 15.6. The molecule has 1 aliphatic rings. The normalized spacial score (nSPS) is 16.6. The number of hydrogen-bond donors (Lipinski definition) is 1. The van der Waals surface area contributed by atoms with Crippen molar-refractivity contribution in [2.75, 3.05) is 27.9 Å². The average molecular weight is 317 g/mol. The van der Waals surface area contributed by atoms with Crippen molar-refractivity contribution >= 4 is 0 Å². The third-order valence-electron chi connectivity index (χ3n) is 4.22. The second-order valence-corrected chi connectivity index (χ2v) is 5.39. The molecule has 0 radical (unpaired) electrons. The number of nitrogens with one attached hydrogen (secondary N) is 1. The van der Waals surface area contributed by atoms with Gasteiger partial charge >= 0.3 is 0 Å². The van der Waals surface area contributed by atoms with Crippen LogP contribution in [0.15, 0.2) is 30.3 Å². The Bertz CT molecular complexity index is 718. The molecule has 1 unspecified atom stereocenters. The highest BCUT2D eigenvalue weighted by molar-refractivity contribution is 5.55. The van der Waals surface area contributed by atoms with E-state index < -0.39 is 0 Å². The van der Waals surface area contributed by atoms with Crippen LogP contribution in [0.5, 0.6) is 17.2 Å². The summed E-state index contributed by atoms with van der Waals surface area (Å²) in [4.78, 5) is 0. The van der Waals surface area contributed by atoms with Crippen LogP contribution in [0.1, 0.15) is 22.7 Å². The van der Waals surface area contributed by atoms with Gasteiger partial charge in [-0.15, -0.1) is 0 Å². The summed E-state index contributed by atoms with van der Waals surface area (Å²) in [6.07, 6.45) is 0.823. The molecule has 0 bridgehead atoms. The molecule has 0 saturated carbocycles. The highest BCUT2D eigenvalue weighted by Crippen LogP contribution is 2.41. The lowest BCUT2D eigenvalue weighted by atomic mass is 9.88. The summed E-state index contributed by atoms with van der Waals surface area (Å²) in [7, 11) is 4.85. The molecule has 0 spiro atoms. The minimum absolute atomic E-state index is 0.149. The largest absolute Gasteiger partial charge is 0.496 e. The fourth-order valence-electron chi connectivity index (χ4n) is 3.19. The van der Waals surface area contributed by atoms with Crippen molar-refractivity contribution in [2.45, 2.75) is 12.5 Å². The number of hydrogen-bond acceptors (Lipinski definition) is 4. The summed E-state index contributed by atoms with van der Waals surface area (Å²) in [5, 5.41) is 3.44. The topological polar surface area (TPSA) is 39.7 Å². The van der Waals surface area contributed by atoms with E-state index in [0.717, 1.165) is 35.4 Å². The first-order valence-electron chi connectivity index (χ1n) is 7.50. The first-order valence-corrected chi connectivity index (χ1v) is 7.50. The lowest BCUT2D eigenvalue weighted by Crippen LogP contribution is -2.31. The van der Waals surface area contributed by atoms with E-state index in [1.807, 2.05) is 12.1 Å². The maximum Gasteiger partial charge on any atom is 0.164 e. The third kappa shape index (κ3) is 2.72. The molecule has 4 nitrogen and oxygen atoms in total. The average Bonchev–Trinajstić information content (AvgIpc) is 2.59. The van der Waals surface area contributed by atoms with Crippen molar-refractivity contribution in [3.63, 3.8) is 0 Å². The summed E-state index contributed by atoms with van der Waals surface area (Å²) < 4.78 is 30.1. The summed E-state index contributed by atoms with van der Waals surface area (Å²) in [5.74, 6) is 1.83. The van der Waals surface area contributed by atoms with Gasteiger partial charge in [0.05, 0.1) is 27.4 Å². The Morgan fingerprint density at radius 2 is 1.70 bits per heavy atom. The second kappa shape index (κ2) is 6.46. The van der Waals surface area contributed by atoms with Gasteiger partial charge in [0.25, 0.3) is 0 Å². The van der Waals surface area contributed by atoms with E-state index >= 15 is 0 Å². The predicted octanol–water partition coefficient (Wildman–Crippen LogP) is 3.09. The fourth-order valence-corrected chi connectivity index (χ4v) is 3.19. The SMILES string of the molecule is COc1ccc(F)cc1C1NCCc2c1ccc(OC)c2OC. The molecule has 1 atom stereocenters. The predicted molar refractivity (Wildman–Crippen MR) is 86.0 cm³/mol. The molecule has 2 aromatic carbocycles. The highest BCUT2D eigenvalue weighted by atomic mass is 19.1. The van der Waals surface area contributed by atoms with Crippen molar-refractivity contribution in [1.82, 2.24) is 5.32 Å². The zero-order valence-electron chi connectivity index (χ0n) is 13.5. The molecule has 1 heterocycles. The molecule has 0 aliphatic carbocycles. The lowest BCUT2D eigenvalue weighted by molar-refractivity contribution is 0.348. The molecule has 1 N–H and O–H groups in total. The number of methoxy groups -OCH3 is 3. The van der Waals surface area contributed by atoms with E-state index in [1.54, 1.807) is 27.4 Å². The van der Waals surface area contributed by atoms with Crippen molar-refractivity contribution in [3.05, 3.63) is 52.8 Å². The maximum atomic E-state index is 13.8. The van der Waals surface area contributed by atoms with E-state index in [9.17, 15) is 4.39 Å². The minimum Gasteiger partial charge on any atom is -0.496 e. The van der Waals surface area contributed by atoms with Gasteiger partial charge in [0.1, 0.15) is 11.6 Å². The summed E-state index contributed by atoms with van der Waals surface area (Å²) in [6, 6.07) is 8.30. The van der Waals surface area contributed by atoms with Crippen LogP contribution in [-0.4, -0.2) is 27.9 Å². The van der Waals surface area contributed by atoms with Crippen molar-refractivity contribution in [1.29, 1.82) is 0 Å². The molecule has 2 aromatic rings. The lowest BCUT2D eigenvalue weighted by Gasteiger charge is -2.30. The Hall–Kier alpha value is -2.27. The molecule has 0 amide bonds. The van der Waals surface area contributed by atoms with Crippen LogP contribution < -0.4 is 19.5 Å². The summed E-state index contributed by atoms with van der Waals surface area (Å²) in [6.45, 7) is 0.765. The zero-order valence-corrected chi connectivity index (χ0v) is 13.5. The Balaban J connectivity index is 2.14. The van der Waals surface area contributed by atoms with Crippen LogP contribution in [0.3, 0.4) is 0 Å². The Morgan fingerprint density at radius 1 is 0.957 bits per heavy atom. The smallest absolute Gasteiger partial charge is 0.164 e. The molecule has 1 aliphatic heterocycles. The van der Waals surface area contributed by atoms with Gasteiger partial charge in [-0.25, -0.2) is 4.39 Å². The number of ether oxygens (including phenoxy) is 3. The second-order valence-electron chi connectivity index (χ2n) is 5.39. The van der Waals surface area contributed by atoms with Crippen LogP contribution >= 0.6 is 0 Å². The van der Waals surface area contributed by atoms with E-state index in [2.05, 4.69) is 5.32 Å². The van der Waals surface area contributed by atoms with Crippen LogP contribution in [0.2, 0.25) is 0 Å². The van der Waals surface area contributed by atoms with Crippen molar-refractivity contribution in [2.24, 2.45) is 0 Å². The molecule has 3 rings (SSSR count). The van der Waals surface area contributed by atoms with Gasteiger partial charge in [0.2, 0.25) is 0 Å². The standard InChI is InChI=1S/C18H20FNO3/c1-21-15-6-4-11(19)10-14(15)17-12-5-7-16(22-2)18(23-3)13(12)8-9-20-17/h4-7,10,17,20H,8-9H2,1-3H3. The van der Waals surface area contributed by atoms with Gasteiger partial charge in [0, 0.05) is 17.7 Å². The number of benzene rings is 2. The molecular formula is C18H20FNO3. The van der Waals surface area contributed by atoms with Gasteiger partial charge in [-0.1, -0.05) is 6.07 Å². The quantitative estimate of drug-likeness (QED) is 0.941. The van der Waals surface area contributed by atoms with Crippen LogP contribution in [-0.2, 0) is 6.42 Å². The Labute approximate surface area is 135 Å². The van der Waals surface area contributed by atoms with E-state index in [4.69, 9.17) is 14.2 Å². The van der Waals surface area contributed by atoms with Gasteiger partial charge in [-0.2, -0.15) is 0 Å². The van der Waals surface area contributed by atoms with Crippen LogP contribution in [0.25, 0.3) is 0 Å². The Kier molecular flexibility index (Phi) is 4.39. The maximum absolute atomic E-state index is 13.8. The zero-order chi connectivity index (χ0) is 16.4. The summed E-state index contributed by atoms with van der Waals surface area (Å²) in [5.41, 5.74) is 2.92. The van der Waals surface area contributed by atoms with E-state index in [1.165, 1.54) is 12.1 Å². The molecule has 0 saturated heterocycles. The fraction of sp³-hybridized carbons (Fsp3) is 0.333. The molecular weight excluding hydrogens is 297 g/mol. The first-order chi connectivity index (χ1) is 11.2. The molecule has 0 aromatic heterocycles. The van der Waals surface area contributed by atoms with Crippen molar-refractivity contribution in [3.8, 4) is 17.2 Å². The van der Waals surface area contributed by atoms with Gasteiger partial charge < -0.3 is 19.5 Å². The molecule has 23 heavy (non-hydrogen) atoms. The number of halogens is 1. The number of fused-ring (bicyclic) bond motifs is 1. The van der Waals surface area contributed by atoms with Gasteiger partial charge in [-0.05, 0) is 36.2 Å². The number of rotatable bonds is 4. The van der Waals surface area contributed by atoms with E-state index in [-0.39, 0.29) is 11.9 Å². The van der Waals surface area contributed by atoms with E-state index in [0.29, 0.717) is 11.5 Å². The summed E-state index contributed by atoms with van der Waals surface area (Å²) >= 11 is 0. The molecule has 0 fully saturated rings.